The zero-order valence-corrected chi connectivity index (χ0v) is 16.8. The third-order valence-electron chi connectivity index (χ3n) is 6.56. The maximum atomic E-state index is 13.2. The van der Waals surface area contributed by atoms with Crippen molar-refractivity contribution >= 4 is 11.3 Å². The summed E-state index contributed by atoms with van der Waals surface area (Å²) < 4.78 is 2.13. The van der Waals surface area contributed by atoms with Gasteiger partial charge in [-0.15, -0.1) is 11.3 Å². The van der Waals surface area contributed by atoms with Crippen molar-refractivity contribution in [1.82, 2.24) is 14.4 Å². The molecule has 3 aliphatic rings. The molecule has 0 unspecified atom stereocenters. The van der Waals surface area contributed by atoms with Gasteiger partial charge in [0.1, 0.15) is 0 Å². The topological polar surface area (TPSA) is 28.5 Å². The van der Waals surface area contributed by atoms with Crippen molar-refractivity contribution in [2.45, 2.75) is 51.2 Å². The second kappa shape index (κ2) is 7.53. The van der Waals surface area contributed by atoms with E-state index in [0.717, 1.165) is 51.4 Å². The van der Waals surface area contributed by atoms with Gasteiger partial charge in [-0.05, 0) is 55.8 Å². The summed E-state index contributed by atoms with van der Waals surface area (Å²) in [5.74, 6) is 1.12. The lowest BCUT2D eigenvalue weighted by Crippen LogP contribution is -2.47. The highest BCUT2D eigenvalue weighted by Crippen LogP contribution is 2.36. The second-order valence-corrected chi connectivity index (χ2v) is 9.64. The summed E-state index contributed by atoms with van der Waals surface area (Å²) >= 11 is 1.85. The number of nitrogens with zero attached hydrogens (tertiary/aromatic N) is 3. The van der Waals surface area contributed by atoms with Crippen LogP contribution in [-0.2, 0) is 19.6 Å². The molecular formula is C22H29N3OS. The third kappa shape index (κ3) is 3.65. The molecule has 2 saturated heterocycles. The normalized spacial score (nSPS) is 26.1. The molecule has 5 rings (SSSR count). The summed E-state index contributed by atoms with van der Waals surface area (Å²) in [6.45, 7) is 7.28. The van der Waals surface area contributed by atoms with Gasteiger partial charge in [0.05, 0.1) is 0 Å². The van der Waals surface area contributed by atoms with Crippen LogP contribution in [0.5, 0.6) is 0 Å². The van der Waals surface area contributed by atoms with Gasteiger partial charge in [-0.2, -0.15) is 0 Å². The fraction of sp³-hybridized carbons (Fsp3) is 0.591. The monoisotopic (exact) mass is 383 g/mol. The zero-order valence-electron chi connectivity index (χ0n) is 16.0. The number of hydrogen-bond acceptors (Lipinski definition) is 4. The number of hydrogen-bond donors (Lipinski definition) is 0. The number of piperidine rings is 2. The lowest BCUT2D eigenvalue weighted by molar-refractivity contribution is 0.115. The fourth-order valence-electron chi connectivity index (χ4n) is 5.32. The number of fused-ring (bicyclic) bond motifs is 4. The fourth-order valence-corrected chi connectivity index (χ4v) is 6.07. The first-order valence-corrected chi connectivity index (χ1v) is 11.3. The van der Waals surface area contributed by atoms with Gasteiger partial charge in [0, 0.05) is 54.8 Å². The highest BCUT2D eigenvalue weighted by molar-refractivity contribution is 7.09. The van der Waals surface area contributed by atoms with E-state index >= 15 is 0 Å². The molecule has 144 valence electrons. The number of aromatic nitrogens is 1. The van der Waals surface area contributed by atoms with Crippen LogP contribution in [0.1, 0.15) is 47.7 Å². The SMILES string of the molecule is O=c1c(CN2CCCCC2)ccc2n1C[C@H]1C[C@@H]2CN(Cc2cccs2)C1. The van der Waals surface area contributed by atoms with Gasteiger partial charge in [-0.1, -0.05) is 18.6 Å². The van der Waals surface area contributed by atoms with E-state index in [9.17, 15) is 4.79 Å². The molecule has 0 spiro atoms. The highest BCUT2D eigenvalue weighted by atomic mass is 32.1. The number of thiophene rings is 1. The summed E-state index contributed by atoms with van der Waals surface area (Å²) in [7, 11) is 0. The van der Waals surface area contributed by atoms with E-state index in [-0.39, 0.29) is 5.56 Å². The maximum Gasteiger partial charge on any atom is 0.255 e. The van der Waals surface area contributed by atoms with Crippen LogP contribution in [0.3, 0.4) is 0 Å². The summed E-state index contributed by atoms with van der Waals surface area (Å²) in [5, 5.41) is 2.17. The minimum Gasteiger partial charge on any atom is -0.312 e. The van der Waals surface area contributed by atoms with Crippen molar-refractivity contribution in [3.8, 4) is 0 Å². The van der Waals surface area contributed by atoms with Crippen molar-refractivity contribution in [3.63, 3.8) is 0 Å². The van der Waals surface area contributed by atoms with Gasteiger partial charge in [0.15, 0.2) is 0 Å². The van der Waals surface area contributed by atoms with Crippen LogP contribution >= 0.6 is 11.3 Å². The predicted octanol–water partition coefficient (Wildman–Crippen LogP) is 3.52. The molecule has 2 aromatic rings. The molecule has 0 radical (unpaired) electrons. The lowest BCUT2D eigenvalue weighted by atomic mass is 9.83. The van der Waals surface area contributed by atoms with Crippen molar-refractivity contribution in [1.29, 1.82) is 0 Å². The number of pyridine rings is 1. The van der Waals surface area contributed by atoms with Crippen LogP contribution in [0.2, 0.25) is 0 Å². The third-order valence-corrected chi connectivity index (χ3v) is 7.42. The molecule has 0 amide bonds. The van der Waals surface area contributed by atoms with Gasteiger partial charge in [-0.3, -0.25) is 14.6 Å². The predicted molar refractivity (Wildman–Crippen MR) is 110 cm³/mol. The first-order chi connectivity index (χ1) is 13.3. The van der Waals surface area contributed by atoms with Crippen LogP contribution in [0.15, 0.2) is 34.4 Å². The van der Waals surface area contributed by atoms with Crippen LogP contribution < -0.4 is 5.56 Å². The Morgan fingerprint density at radius 3 is 2.67 bits per heavy atom. The Hall–Kier alpha value is -1.43. The van der Waals surface area contributed by atoms with E-state index in [2.05, 4.69) is 44.0 Å². The minimum absolute atomic E-state index is 0.277. The average Bonchev–Trinajstić information content (AvgIpc) is 3.18. The molecule has 0 aliphatic carbocycles. The van der Waals surface area contributed by atoms with Crippen LogP contribution in [0.25, 0.3) is 0 Å². The Morgan fingerprint density at radius 1 is 0.963 bits per heavy atom. The quantitative estimate of drug-likeness (QED) is 0.809. The van der Waals surface area contributed by atoms with Crippen LogP contribution in [0.4, 0.5) is 0 Å². The Morgan fingerprint density at radius 2 is 1.85 bits per heavy atom. The summed E-state index contributed by atoms with van der Waals surface area (Å²) in [4.78, 5) is 19.7. The Labute approximate surface area is 165 Å². The van der Waals surface area contributed by atoms with E-state index in [1.807, 2.05) is 11.3 Å². The van der Waals surface area contributed by atoms with Crippen LogP contribution in [-0.4, -0.2) is 40.5 Å². The molecule has 3 aliphatic heterocycles. The summed E-state index contributed by atoms with van der Waals surface area (Å²) in [6, 6.07) is 8.77. The molecule has 5 heterocycles. The van der Waals surface area contributed by atoms with Gasteiger partial charge in [0.2, 0.25) is 0 Å². The summed E-state index contributed by atoms with van der Waals surface area (Å²) in [6.07, 6.45) is 5.13. The molecule has 0 aromatic carbocycles. The molecule has 4 nitrogen and oxygen atoms in total. The molecule has 0 saturated carbocycles. The summed E-state index contributed by atoms with van der Waals surface area (Å²) in [5.41, 5.74) is 2.55. The second-order valence-electron chi connectivity index (χ2n) is 8.61. The lowest BCUT2D eigenvalue weighted by Gasteiger charge is -2.43. The molecule has 2 bridgehead atoms. The standard InChI is InChI=1S/C22H29N3OS/c26-22-18(14-23-8-2-1-3-9-23)6-7-21-19-11-17(13-25(21)22)12-24(15-19)16-20-5-4-10-27-20/h4-7,10,17,19H,1-3,8-9,11-16H2/t17-,19+/m0/s1. The van der Waals surface area contributed by atoms with E-state index < -0.39 is 0 Å². The van der Waals surface area contributed by atoms with Crippen molar-refractivity contribution < 1.29 is 0 Å². The molecule has 0 N–H and O–H groups in total. The van der Waals surface area contributed by atoms with Crippen molar-refractivity contribution in [2.75, 3.05) is 26.2 Å². The van der Waals surface area contributed by atoms with E-state index in [4.69, 9.17) is 0 Å². The molecule has 2 fully saturated rings. The Bertz CT molecular complexity index is 838. The molecule has 27 heavy (non-hydrogen) atoms. The largest absolute Gasteiger partial charge is 0.312 e. The average molecular weight is 384 g/mol. The van der Waals surface area contributed by atoms with Crippen molar-refractivity contribution in [3.05, 3.63) is 56.1 Å². The highest BCUT2D eigenvalue weighted by Gasteiger charge is 2.35. The first-order valence-electron chi connectivity index (χ1n) is 10.5. The van der Waals surface area contributed by atoms with Crippen molar-refractivity contribution in [2.24, 2.45) is 5.92 Å². The van der Waals surface area contributed by atoms with Gasteiger partial charge in [0.25, 0.3) is 5.56 Å². The van der Waals surface area contributed by atoms with Crippen LogP contribution in [0, 0.1) is 5.92 Å². The van der Waals surface area contributed by atoms with E-state index in [1.165, 1.54) is 36.3 Å². The maximum absolute atomic E-state index is 13.2. The number of rotatable bonds is 4. The van der Waals surface area contributed by atoms with E-state index in [0.29, 0.717) is 11.8 Å². The Balaban J connectivity index is 1.35. The zero-order chi connectivity index (χ0) is 18.2. The molecule has 5 heteroatoms. The van der Waals surface area contributed by atoms with Gasteiger partial charge < -0.3 is 4.57 Å². The number of likely N-dealkylation sites (tertiary alicyclic amines) is 2. The first kappa shape index (κ1) is 17.7. The Kier molecular flexibility index (Phi) is 4.92. The molecular weight excluding hydrogens is 354 g/mol. The molecule has 2 aromatic heterocycles. The van der Waals surface area contributed by atoms with Gasteiger partial charge in [-0.25, -0.2) is 0 Å². The smallest absolute Gasteiger partial charge is 0.255 e. The van der Waals surface area contributed by atoms with Gasteiger partial charge >= 0.3 is 0 Å². The minimum atomic E-state index is 0.277. The van der Waals surface area contributed by atoms with E-state index in [1.54, 1.807) is 0 Å². The molecule has 2 atom stereocenters.